The van der Waals surface area contributed by atoms with Crippen molar-refractivity contribution in [1.82, 2.24) is 25.3 Å². The van der Waals surface area contributed by atoms with E-state index in [1.54, 1.807) is 0 Å². The van der Waals surface area contributed by atoms with Crippen LogP contribution in [-0.2, 0) is 0 Å². The number of hydrogen-bond donors (Lipinski definition) is 2. The Kier molecular flexibility index (Phi) is 3.79. The number of benzene rings is 1. The number of aromatic amines is 1. The zero-order chi connectivity index (χ0) is 17.4. The van der Waals surface area contributed by atoms with Crippen molar-refractivity contribution in [2.75, 3.05) is 13.1 Å². The number of nitrogens with one attached hydrogen (secondary N) is 2. The zero-order valence-corrected chi connectivity index (χ0v) is 13.0. The summed E-state index contributed by atoms with van der Waals surface area (Å²) in [7, 11) is 0. The van der Waals surface area contributed by atoms with Crippen LogP contribution in [0, 0.1) is 0 Å². The third kappa shape index (κ3) is 3.27. The number of nitrogens with zero attached hydrogens (tertiary/aromatic N) is 3. The maximum Gasteiger partial charge on any atom is 0.573 e. The number of aromatic nitrogens is 4. The van der Waals surface area contributed by atoms with Crippen molar-refractivity contribution in [1.29, 1.82) is 0 Å². The maximum absolute atomic E-state index is 12.3. The first-order valence-corrected chi connectivity index (χ1v) is 7.77. The van der Waals surface area contributed by atoms with E-state index in [4.69, 9.17) is 0 Å². The topological polar surface area (TPSA) is 75.7 Å². The molecule has 6 nitrogen and oxygen atoms in total. The minimum absolute atomic E-state index is 0.208. The molecule has 1 aliphatic heterocycles. The molecule has 0 bridgehead atoms. The predicted octanol–water partition coefficient (Wildman–Crippen LogP) is 3.00. The van der Waals surface area contributed by atoms with Gasteiger partial charge in [0, 0.05) is 18.0 Å². The number of imidazole rings is 1. The van der Waals surface area contributed by atoms with E-state index in [0.717, 1.165) is 19.5 Å². The van der Waals surface area contributed by atoms with Crippen molar-refractivity contribution < 1.29 is 17.9 Å². The van der Waals surface area contributed by atoms with Gasteiger partial charge in [-0.25, -0.2) is 15.0 Å². The van der Waals surface area contributed by atoms with Gasteiger partial charge < -0.3 is 15.0 Å². The molecule has 1 atom stereocenters. The summed E-state index contributed by atoms with van der Waals surface area (Å²) >= 11 is 0. The van der Waals surface area contributed by atoms with E-state index in [1.807, 2.05) is 0 Å². The van der Waals surface area contributed by atoms with E-state index >= 15 is 0 Å². The highest BCUT2D eigenvalue weighted by atomic mass is 19.4. The Morgan fingerprint density at radius 1 is 1.12 bits per heavy atom. The summed E-state index contributed by atoms with van der Waals surface area (Å²) in [5.41, 5.74) is 2.44. The Balaban J connectivity index is 1.73. The summed E-state index contributed by atoms with van der Waals surface area (Å²) in [5.74, 6) is 0.635. The second-order valence-corrected chi connectivity index (χ2v) is 5.79. The Labute approximate surface area is 140 Å². The van der Waals surface area contributed by atoms with Gasteiger partial charge in [0.15, 0.2) is 5.65 Å². The molecule has 1 aromatic carbocycles. The lowest BCUT2D eigenvalue weighted by atomic mass is 10.1. The van der Waals surface area contributed by atoms with Gasteiger partial charge in [0.2, 0.25) is 0 Å². The number of hydrogen-bond acceptors (Lipinski definition) is 5. The van der Waals surface area contributed by atoms with Crippen LogP contribution in [0.1, 0.15) is 18.2 Å². The van der Waals surface area contributed by atoms with E-state index in [0.29, 0.717) is 28.2 Å². The Morgan fingerprint density at radius 2 is 1.92 bits per heavy atom. The number of rotatable bonds is 3. The molecule has 130 valence electrons. The summed E-state index contributed by atoms with van der Waals surface area (Å²) in [5, 5.41) is 3.27. The van der Waals surface area contributed by atoms with Crippen molar-refractivity contribution in [3.05, 3.63) is 36.4 Å². The molecule has 9 heteroatoms. The van der Waals surface area contributed by atoms with Crippen LogP contribution in [0.15, 0.2) is 30.6 Å². The summed E-state index contributed by atoms with van der Waals surface area (Å²) < 4.78 is 40.8. The van der Waals surface area contributed by atoms with Crippen molar-refractivity contribution in [3.63, 3.8) is 0 Å². The van der Waals surface area contributed by atoms with Crippen LogP contribution < -0.4 is 10.1 Å². The molecule has 0 aliphatic carbocycles. The molecule has 25 heavy (non-hydrogen) atoms. The number of ether oxygens (including phenoxy) is 1. The molecule has 1 fully saturated rings. The van der Waals surface area contributed by atoms with Gasteiger partial charge in [0.1, 0.15) is 22.8 Å². The van der Waals surface area contributed by atoms with Crippen LogP contribution in [0.4, 0.5) is 13.2 Å². The van der Waals surface area contributed by atoms with Crippen LogP contribution >= 0.6 is 0 Å². The zero-order valence-electron chi connectivity index (χ0n) is 13.0. The minimum atomic E-state index is -4.71. The van der Waals surface area contributed by atoms with E-state index in [9.17, 15) is 13.2 Å². The van der Waals surface area contributed by atoms with Crippen LogP contribution in [-0.4, -0.2) is 39.4 Å². The first-order chi connectivity index (χ1) is 12.0. The molecular formula is C16H14F3N5O. The third-order valence-corrected chi connectivity index (χ3v) is 4.08. The summed E-state index contributed by atoms with van der Waals surface area (Å²) in [6.07, 6.45) is -2.24. The van der Waals surface area contributed by atoms with Gasteiger partial charge in [-0.15, -0.1) is 13.2 Å². The van der Waals surface area contributed by atoms with Crippen LogP contribution in [0.2, 0.25) is 0 Å². The molecular weight excluding hydrogens is 335 g/mol. The van der Waals surface area contributed by atoms with Crippen LogP contribution in [0.25, 0.3) is 22.4 Å². The van der Waals surface area contributed by atoms with E-state index in [-0.39, 0.29) is 11.7 Å². The summed E-state index contributed by atoms with van der Waals surface area (Å²) in [4.78, 5) is 16.4. The molecule has 2 aromatic heterocycles. The fourth-order valence-corrected chi connectivity index (χ4v) is 2.93. The fourth-order valence-electron chi connectivity index (χ4n) is 2.93. The second-order valence-electron chi connectivity index (χ2n) is 5.79. The molecule has 0 saturated carbocycles. The lowest BCUT2D eigenvalue weighted by Gasteiger charge is -2.11. The minimum Gasteiger partial charge on any atom is -0.406 e. The average molecular weight is 349 g/mol. The molecule has 1 aliphatic rings. The van der Waals surface area contributed by atoms with Crippen molar-refractivity contribution in [2.45, 2.75) is 18.7 Å². The molecule has 1 saturated heterocycles. The van der Waals surface area contributed by atoms with E-state index < -0.39 is 6.36 Å². The van der Waals surface area contributed by atoms with Crippen LogP contribution in [0.5, 0.6) is 5.75 Å². The number of halogens is 3. The predicted molar refractivity (Wildman–Crippen MR) is 84.0 cm³/mol. The molecule has 3 heterocycles. The molecule has 4 rings (SSSR count). The first-order valence-electron chi connectivity index (χ1n) is 7.77. The highest BCUT2D eigenvalue weighted by molar-refractivity contribution is 5.87. The first kappa shape index (κ1) is 15.8. The molecule has 1 unspecified atom stereocenters. The molecule has 2 N–H and O–H groups in total. The third-order valence-electron chi connectivity index (χ3n) is 4.08. The van der Waals surface area contributed by atoms with Gasteiger partial charge in [-0.2, -0.15) is 0 Å². The normalized spacial score (nSPS) is 18.0. The molecule has 0 radical (unpaired) electrons. The van der Waals surface area contributed by atoms with Gasteiger partial charge in [0.25, 0.3) is 0 Å². The monoisotopic (exact) mass is 349 g/mol. The Hall–Kier alpha value is -2.68. The SMILES string of the molecule is FC(F)(F)Oc1ccc(-c2nc(C3CCNC3)nc3[nH]cnc23)cc1. The Bertz CT molecular complexity index is 885. The molecule has 0 amide bonds. The number of alkyl halides is 3. The lowest BCUT2D eigenvalue weighted by Crippen LogP contribution is -2.16. The summed E-state index contributed by atoms with van der Waals surface area (Å²) in [6, 6.07) is 5.60. The van der Waals surface area contributed by atoms with Gasteiger partial charge >= 0.3 is 6.36 Å². The smallest absolute Gasteiger partial charge is 0.406 e. The number of H-pyrrole nitrogens is 1. The van der Waals surface area contributed by atoms with E-state index in [1.165, 1.54) is 30.6 Å². The highest BCUT2D eigenvalue weighted by Crippen LogP contribution is 2.30. The van der Waals surface area contributed by atoms with Crippen LogP contribution in [0.3, 0.4) is 0 Å². The maximum atomic E-state index is 12.3. The lowest BCUT2D eigenvalue weighted by molar-refractivity contribution is -0.274. The van der Waals surface area contributed by atoms with Gasteiger partial charge in [-0.1, -0.05) is 0 Å². The van der Waals surface area contributed by atoms with Gasteiger partial charge in [0.05, 0.1) is 6.33 Å². The van der Waals surface area contributed by atoms with Gasteiger partial charge in [-0.3, -0.25) is 0 Å². The van der Waals surface area contributed by atoms with Crippen molar-refractivity contribution in [2.24, 2.45) is 0 Å². The van der Waals surface area contributed by atoms with Crippen molar-refractivity contribution >= 4 is 11.2 Å². The average Bonchev–Trinajstić information content (AvgIpc) is 3.24. The van der Waals surface area contributed by atoms with E-state index in [2.05, 4.69) is 30.0 Å². The molecule has 3 aromatic rings. The largest absolute Gasteiger partial charge is 0.573 e. The quantitative estimate of drug-likeness (QED) is 0.760. The highest BCUT2D eigenvalue weighted by Gasteiger charge is 2.31. The summed E-state index contributed by atoms with van der Waals surface area (Å²) in [6.45, 7) is 1.71. The number of fused-ring (bicyclic) bond motifs is 1. The Morgan fingerprint density at radius 3 is 2.60 bits per heavy atom. The van der Waals surface area contributed by atoms with Gasteiger partial charge in [-0.05, 0) is 37.2 Å². The fraction of sp³-hybridized carbons (Fsp3) is 0.312. The van der Waals surface area contributed by atoms with Crippen molar-refractivity contribution in [3.8, 4) is 17.0 Å². The second kappa shape index (κ2) is 5.99. The molecule has 0 spiro atoms. The standard InChI is InChI=1S/C16H14F3N5O/c17-16(18,19)25-11-3-1-9(2-4-11)12-13-15(22-8-21-13)24-14(23-12)10-5-6-20-7-10/h1-4,8,10,20H,5-7H2,(H,21,22,23,24).